The van der Waals surface area contributed by atoms with E-state index in [4.69, 9.17) is 0 Å². The first-order valence-electron chi connectivity index (χ1n) is 5.64. The van der Waals surface area contributed by atoms with E-state index in [1.54, 1.807) is 0 Å². The number of hydrogen-bond donors (Lipinski definition) is 0. The molecule has 2 fully saturated rings. The lowest BCUT2D eigenvalue weighted by Gasteiger charge is -2.21. The first kappa shape index (κ1) is 11.0. The van der Waals surface area contributed by atoms with Crippen LogP contribution in [0.3, 0.4) is 0 Å². The van der Waals surface area contributed by atoms with Gasteiger partial charge in [0.05, 0.1) is 0 Å². The van der Waals surface area contributed by atoms with Gasteiger partial charge in [0.2, 0.25) is 0 Å². The van der Waals surface area contributed by atoms with Gasteiger partial charge in [0, 0.05) is 11.3 Å². The van der Waals surface area contributed by atoms with Gasteiger partial charge < -0.3 is 0 Å². The monoisotopic (exact) mass is 230 g/mol. The Morgan fingerprint density at radius 1 is 1.00 bits per heavy atom. The average molecular weight is 230 g/mol. The summed E-state index contributed by atoms with van der Waals surface area (Å²) in [6.07, 6.45) is 7.74. The highest BCUT2D eigenvalue weighted by atomic mass is 31.1. The van der Waals surface area contributed by atoms with Crippen LogP contribution >= 0.6 is 15.8 Å². The number of rotatable bonds is 2. The topological polar surface area (TPSA) is 17.1 Å². The molecule has 1 nitrogen and oxygen atoms in total. The molecule has 3 heteroatoms. The number of hydrogen-bond acceptors (Lipinski definition) is 1. The van der Waals surface area contributed by atoms with Crippen molar-refractivity contribution >= 4 is 21.6 Å². The van der Waals surface area contributed by atoms with Crippen LogP contribution in [0.25, 0.3) is 0 Å². The van der Waals surface area contributed by atoms with Crippen molar-refractivity contribution in [2.24, 2.45) is 0 Å². The Bertz CT molecular complexity index is 207. The summed E-state index contributed by atoms with van der Waals surface area (Å²) in [6, 6.07) is 0. The van der Waals surface area contributed by atoms with Gasteiger partial charge in [-0.25, -0.2) is 0 Å². The van der Waals surface area contributed by atoms with Gasteiger partial charge in [-0.2, -0.15) is 0 Å². The molecule has 0 radical (unpaired) electrons. The van der Waals surface area contributed by atoms with Gasteiger partial charge in [0.15, 0.2) is 0 Å². The smallest absolute Gasteiger partial charge is 0.147 e. The average Bonchev–Trinajstić information content (AvgIpc) is 2.73. The first-order valence-corrected chi connectivity index (χ1v) is 9.73. The maximum absolute atomic E-state index is 12.3. The number of carbonyl (C=O) groups is 1. The first-order chi connectivity index (χ1) is 6.70. The van der Waals surface area contributed by atoms with Crippen molar-refractivity contribution in [1.29, 1.82) is 0 Å². The summed E-state index contributed by atoms with van der Waals surface area (Å²) in [4.78, 5) is 12.3. The van der Waals surface area contributed by atoms with Crippen LogP contribution in [0.15, 0.2) is 0 Å². The van der Waals surface area contributed by atoms with Crippen LogP contribution in [0.4, 0.5) is 0 Å². The zero-order chi connectivity index (χ0) is 10.1. The summed E-state index contributed by atoms with van der Waals surface area (Å²) in [7, 11) is 0.116. The fourth-order valence-corrected chi connectivity index (χ4v) is 7.34. The van der Waals surface area contributed by atoms with E-state index < -0.39 is 0 Å². The molecule has 14 heavy (non-hydrogen) atoms. The van der Waals surface area contributed by atoms with E-state index in [0.717, 1.165) is 0 Å². The molecule has 0 aromatic rings. The molecule has 2 saturated heterocycles. The van der Waals surface area contributed by atoms with Crippen LogP contribution in [-0.2, 0) is 4.79 Å². The van der Waals surface area contributed by atoms with Gasteiger partial charge in [-0.15, -0.1) is 0 Å². The van der Waals surface area contributed by atoms with Crippen molar-refractivity contribution < 1.29 is 4.79 Å². The Morgan fingerprint density at radius 2 is 1.43 bits per heavy atom. The second-order valence-corrected chi connectivity index (χ2v) is 9.85. The minimum Gasteiger partial charge on any atom is -0.298 e. The largest absolute Gasteiger partial charge is 0.298 e. The minimum absolute atomic E-state index is 0.0578. The fraction of sp³-hybridized carbons (Fsp3) is 0.909. The molecule has 2 aliphatic heterocycles. The Balaban J connectivity index is 2.00. The molecule has 0 aromatic heterocycles. The van der Waals surface area contributed by atoms with E-state index in [0.29, 0.717) is 17.1 Å². The van der Waals surface area contributed by atoms with Gasteiger partial charge in [0.25, 0.3) is 0 Å². The zero-order valence-corrected chi connectivity index (χ0v) is 11.0. The molecular weight excluding hydrogens is 210 g/mol. The van der Waals surface area contributed by atoms with E-state index in [9.17, 15) is 4.79 Å². The molecule has 0 aromatic carbocycles. The predicted octanol–water partition coefficient (Wildman–Crippen LogP) is 3.10. The maximum atomic E-state index is 12.3. The quantitative estimate of drug-likeness (QED) is 0.666. The highest BCUT2D eigenvalue weighted by molar-refractivity contribution is 7.61. The molecule has 0 aliphatic carbocycles. The lowest BCUT2D eigenvalue weighted by molar-refractivity contribution is -0.118. The summed E-state index contributed by atoms with van der Waals surface area (Å²) in [5.41, 5.74) is 0.996. The number of carbonyl (C=O) groups excluding carboxylic acids is 1. The number of ketones is 1. The Labute approximate surface area is 89.5 Å². The normalized spacial score (nSPS) is 43.0. The van der Waals surface area contributed by atoms with Gasteiger partial charge in [-0.1, -0.05) is 15.8 Å². The van der Waals surface area contributed by atoms with Crippen LogP contribution < -0.4 is 0 Å². The summed E-state index contributed by atoms with van der Waals surface area (Å²) in [6.45, 7) is 4.66. The Morgan fingerprint density at radius 3 is 1.71 bits per heavy atom. The van der Waals surface area contributed by atoms with Crippen molar-refractivity contribution in [1.82, 2.24) is 0 Å². The van der Waals surface area contributed by atoms with E-state index in [1.807, 2.05) is 0 Å². The van der Waals surface area contributed by atoms with E-state index in [-0.39, 0.29) is 15.8 Å². The van der Waals surface area contributed by atoms with Crippen molar-refractivity contribution in [3.8, 4) is 0 Å². The Kier molecular flexibility index (Phi) is 3.61. The predicted molar refractivity (Wildman–Crippen MR) is 66.5 cm³/mol. The summed E-state index contributed by atoms with van der Waals surface area (Å²) in [5, 5.41) is 0. The zero-order valence-electron chi connectivity index (χ0n) is 9.20. The highest BCUT2D eigenvalue weighted by Gasteiger charge is 2.37. The summed E-state index contributed by atoms with van der Waals surface area (Å²) >= 11 is 0. The van der Waals surface area contributed by atoms with Crippen LogP contribution in [0.2, 0.25) is 0 Å². The third kappa shape index (κ3) is 2.05. The van der Waals surface area contributed by atoms with E-state index in [1.165, 1.54) is 38.0 Å². The van der Waals surface area contributed by atoms with Crippen molar-refractivity contribution in [3.05, 3.63) is 0 Å². The Hall–Kier alpha value is 0.530. The highest BCUT2D eigenvalue weighted by Crippen LogP contribution is 2.53. The molecular formula is C11H20OP2. The molecule has 0 bridgehead atoms. The van der Waals surface area contributed by atoms with Crippen LogP contribution in [0.5, 0.6) is 0 Å². The molecule has 0 amide bonds. The van der Waals surface area contributed by atoms with Crippen LogP contribution in [0, 0.1) is 0 Å². The van der Waals surface area contributed by atoms with Gasteiger partial charge in [0.1, 0.15) is 5.78 Å². The molecule has 0 saturated carbocycles. The lowest BCUT2D eigenvalue weighted by atomic mass is 10.1. The molecule has 4 atom stereocenters. The van der Waals surface area contributed by atoms with E-state index >= 15 is 0 Å². The van der Waals surface area contributed by atoms with Crippen molar-refractivity contribution in [2.75, 3.05) is 25.7 Å². The SMILES string of the molecule is CP1CCCC1C(=O)C1CCCP1C. The van der Waals surface area contributed by atoms with Gasteiger partial charge in [-0.05, 0) is 51.3 Å². The minimum atomic E-state index is 0.0578. The van der Waals surface area contributed by atoms with E-state index in [2.05, 4.69) is 13.3 Å². The van der Waals surface area contributed by atoms with Crippen molar-refractivity contribution in [3.63, 3.8) is 0 Å². The summed E-state index contributed by atoms with van der Waals surface area (Å²) in [5.74, 6) is 0.669. The third-order valence-electron chi connectivity index (χ3n) is 3.70. The third-order valence-corrected chi connectivity index (χ3v) is 8.89. The molecule has 80 valence electrons. The summed E-state index contributed by atoms with van der Waals surface area (Å²) < 4.78 is 0. The molecule has 2 rings (SSSR count). The van der Waals surface area contributed by atoms with Gasteiger partial charge >= 0.3 is 0 Å². The fourth-order valence-electron chi connectivity index (χ4n) is 2.76. The maximum Gasteiger partial charge on any atom is 0.147 e. The molecule has 2 aliphatic rings. The standard InChI is InChI=1S/C11H20OP2/c1-13-7-3-5-9(13)11(12)10-6-4-8-14(10)2/h9-10H,3-8H2,1-2H3. The molecule has 4 unspecified atom stereocenters. The lowest BCUT2D eigenvalue weighted by Crippen LogP contribution is -2.26. The molecule has 0 N–H and O–H groups in total. The second kappa shape index (κ2) is 4.58. The number of Topliss-reactive ketones (excluding diaryl/α,β-unsaturated/α-hetero) is 1. The van der Waals surface area contributed by atoms with Crippen LogP contribution in [0.1, 0.15) is 25.7 Å². The van der Waals surface area contributed by atoms with Crippen molar-refractivity contribution in [2.45, 2.75) is 37.0 Å². The molecule has 0 spiro atoms. The van der Waals surface area contributed by atoms with Gasteiger partial charge in [-0.3, -0.25) is 4.79 Å². The van der Waals surface area contributed by atoms with Crippen LogP contribution in [-0.4, -0.2) is 42.8 Å². The second-order valence-electron chi connectivity index (χ2n) is 4.68. The molecule has 2 heterocycles.